The molecule has 0 unspecified atom stereocenters. The average Bonchev–Trinajstić information content (AvgIpc) is 2.36. The second-order valence-corrected chi connectivity index (χ2v) is 5.96. The van der Waals surface area contributed by atoms with Crippen molar-refractivity contribution < 1.29 is 14.8 Å². The van der Waals surface area contributed by atoms with Crippen LogP contribution in [0.15, 0.2) is 18.2 Å². The molecule has 1 saturated heterocycles. The average molecular weight is 278 g/mol. The number of nitro benzene ring substituents is 1. The molecule has 0 aromatic heterocycles. The molecular formula is C14H18N2O4. The maximum atomic E-state index is 11.2. The first kappa shape index (κ1) is 14.3. The van der Waals surface area contributed by atoms with Gasteiger partial charge < -0.3 is 10.0 Å². The zero-order valence-corrected chi connectivity index (χ0v) is 11.6. The highest BCUT2D eigenvalue weighted by atomic mass is 16.6. The summed E-state index contributed by atoms with van der Waals surface area (Å²) in [6.45, 7) is 5.77. The van der Waals surface area contributed by atoms with Gasteiger partial charge in [0.25, 0.3) is 5.69 Å². The highest BCUT2D eigenvalue weighted by molar-refractivity contribution is 5.89. The minimum atomic E-state index is -1.15. The molecular weight excluding hydrogens is 260 g/mol. The maximum absolute atomic E-state index is 11.2. The van der Waals surface area contributed by atoms with Gasteiger partial charge in [-0.2, -0.15) is 0 Å². The molecule has 0 bridgehead atoms. The Bertz CT molecular complexity index is 554. The van der Waals surface area contributed by atoms with E-state index in [2.05, 4.69) is 13.8 Å². The number of aromatic carboxylic acids is 1. The first-order chi connectivity index (χ1) is 9.30. The number of rotatable bonds is 3. The first-order valence-corrected chi connectivity index (χ1v) is 6.57. The van der Waals surface area contributed by atoms with Gasteiger partial charge in [0.2, 0.25) is 0 Å². The van der Waals surface area contributed by atoms with Crippen molar-refractivity contribution in [2.24, 2.45) is 5.41 Å². The lowest BCUT2D eigenvalue weighted by Gasteiger charge is -2.39. The molecule has 1 fully saturated rings. The van der Waals surface area contributed by atoms with E-state index in [0.717, 1.165) is 32.0 Å². The van der Waals surface area contributed by atoms with Crippen LogP contribution in [0.1, 0.15) is 37.0 Å². The molecule has 1 heterocycles. The Kier molecular flexibility index (Phi) is 3.65. The second-order valence-electron chi connectivity index (χ2n) is 5.96. The van der Waals surface area contributed by atoms with Gasteiger partial charge in [-0.15, -0.1) is 0 Å². The number of piperidine rings is 1. The van der Waals surface area contributed by atoms with Crippen LogP contribution in [-0.2, 0) is 0 Å². The Morgan fingerprint density at radius 1 is 1.45 bits per heavy atom. The summed E-state index contributed by atoms with van der Waals surface area (Å²) in [7, 11) is 0. The molecule has 0 atom stereocenters. The molecule has 0 amide bonds. The summed E-state index contributed by atoms with van der Waals surface area (Å²) in [5, 5.41) is 20.1. The van der Waals surface area contributed by atoms with Gasteiger partial charge in [0.05, 0.1) is 10.5 Å². The second kappa shape index (κ2) is 5.11. The van der Waals surface area contributed by atoms with Gasteiger partial charge in [-0.3, -0.25) is 10.1 Å². The van der Waals surface area contributed by atoms with Crippen LogP contribution in [0.25, 0.3) is 0 Å². The lowest BCUT2D eigenvalue weighted by Crippen LogP contribution is -2.40. The molecule has 6 nitrogen and oxygen atoms in total. The van der Waals surface area contributed by atoms with E-state index in [1.54, 1.807) is 6.07 Å². The van der Waals surface area contributed by atoms with Crippen molar-refractivity contribution in [3.8, 4) is 0 Å². The third-order valence-corrected chi connectivity index (χ3v) is 3.66. The molecule has 6 heteroatoms. The largest absolute Gasteiger partial charge is 0.478 e. The number of hydrogen-bond acceptors (Lipinski definition) is 4. The molecule has 1 aliphatic heterocycles. The lowest BCUT2D eigenvalue weighted by molar-refractivity contribution is -0.384. The highest BCUT2D eigenvalue weighted by Crippen LogP contribution is 2.36. The van der Waals surface area contributed by atoms with Crippen LogP contribution in [0.5, 0.6) is 0 Å². The van der Waals surface area contributed by atoms with E-state index < -0.39 is 10.9 Å². The molecule has 108 valence electrons. The summed E-state index contributed by atoms with van der Waals surface area (Å²) in [5.74, 6) is -1.15. The molecule has 1 aromatic rings. The highest BCUT2D eigenvalue weighted by Gasteiger charge is 2.30. The minimum absolute atomic E-state index is 0.0586. The van der Waals surface area contributed by atoms with Crippen LogP contribution in [0, 0.1) is 15.5 Å². The van der Waals surface area contributed by atoms with Crippen LogP contribution in [0.4, 0.5) is 11.4 Å². The fraction of sp³-hybridized carbons (Fsp3) is 0.500. The summed E-state index contributed by atoms with van der Waals surface area (Å²) < 4.78 is 0. The van der Waals surface area contributed by atoms with Crippen molar-refractivity contribution in [2.45, 2.75) is 26.7 Å². The van der Waals surface area contributed by atoms with Crippen molar-refractivity contribution in [1.29, 1.82) is 0 Å². The van der Waals surface area contributed by atoms with Crippen LogP contribution < -0.4 is 4.90 Å². The molecule has 0 radical (unpaired) electrons. The fourth-order valence-corrected chi connectivity index (χ4v) is 2.70. The van der Waals surface area contributed by atoms with E-state index in [0.29, 0.717) is 5.69 Å². The zero-order valence-electron chi connectivity index (χ0n) is 11.6. The Hall–Kier alpha value is -2.11. The monoisotopic (exact) mass is 278 g/mol. The zero-order chi connectivity index (χ0) is 14.9. The number of hydrogen-bond donors (Lipinski definition) is 1. The van der Waals surface area contributed by atoms with Crippen LogP contribution >= 0.6 is 0 Å². The number of carbonyl (C=O) groups is 1. The third-order valence-electron chi connectivity index (χ3n) is 3.66. The smallest absolute Gasteiger partial charge is 0.335 e. The Labute approximate surface area is 117 Å². The van der Waals surface area contributed by atoms with Gasteiger partial charge in [-0.05, 0) is 30.4 Å². The third kappa shape index (κ3) is 2.89. The van der Waals surface area contributed by atoms with E-state index in [-0.39, 0.29) is 16.7 Å². The number of carboxylic acids is 1. The minimum Gasteiger partial charge on any atom is -0.478 e. The summed E-state index contributed by atoms with van der Waals surface area (Å²) in [6, 6.07) is 4.11. The summed E-state index contributed by atoms with van der Waals surface area (Å²) in [6.07, 6.45) is 2.06. The summed E-state index contributed by atoms with van der Waals surface area (Å²) in [5.41, 5.74) is 0.421. The van der Waals surface area contributed by atoms with Gasteiger partial charge in [0, 0.05) is 19.2 Å². The van der Waals surface area contributed by atoms with Crippen molar-refractivity contribution in [3.05, 3.63) is 33.9 Å². The van der Waals surface area contributed by atoms with Crippen LogP contribution in [0.3, 0.4) is 0 Å². The number of benzene rings is 1. The van der Waals surface area contributed by atoms with Crippen LogP contribution in [-0.4, -0.2) is 29.1 Å². The van der Waals surface area contributed by atoms with E-state index >= 15 is 0 Å². The fourth-order valence-electron chi connectivity index (χ4n) is 2.70. The van der Waals surface area contributed by atoms with E-state index in [9.17, 15) is 14.9 Å². The van der Waals surface area contributed by atoms with E-state index in [4.69, 9.17) is 5.11 Å². The Balaban J connectivity index is 2.40. The normalized spacial score (nSPS) is 17.8. The molecule has 2 rings (SSSR count). The standard InChI is InChI=1S/C14H18N2O4/c1-14(2)6-3-7-15(9-14)11-5-4-10(13(17)18)8-12(11)16(19)20/h4-5,8H,3,6-7,9H2,1-2H3,(H,17,18). The van der Waals surface area contributed by atoms with Gasteiger partial charge in [0.15, 0.2) is 0 Å². The molecule has 0 spiro atoms. The van der Waals surface area contributed by atoms with Gasteiger partial charge in [0.1, 0.15) is 5.69 Å². The summed E-state index contributed by atoms with van der Waals surface area (Å²) in [4.78, 5) is 23.6. The maximum Gasteiger partial charge on any atom is 0.335 e. The molecule has 1 aliphatic rings. The van der Waals surface area contributed by atoms with E-state index in [1.165, 1.54) is 6.07 Å². The van der Waals surface area contributed by atoms with Gasteiger partial charge >= 0.3 is 5.97 Å². The summed E-state index contributed by atoms with van der Waals surface area (Å²) >= 11 is 0. The number of carboxylic acid groups (broad SMARTS) is 1. The number of nitro groups is 1. The van der Waals surface area contributed by atoms with Gasteiger partial charge in [-0.25, -0.2) is 4.79 Å². The van der Waals surface area contributed by atoms with Crippen LogP contribution in [0.2, 0.25) is 0 Å². The number of nitrogens with zero attached hydrogens (tertiary/aromatic N) is 2. The molecule has 20 heavy (non-hydrogen) atoms. The first-order valence-electron chi connectivity index (χ1n) is 6.57. The van der Waals surface area contributed by atoms with E-state index in [1.807, 2.05) is 4.90 Å². The van der Waals surface area contributed by atoms with Crippen molar-refractivity contribution in [1.82, 2.24) is 0 Å². The Morgan fingerprint density at radius 2 is 2.15 bits per heavy atom. The number of anilines is 1. The quantitative estimate of drug-likeness (QED) is 0.678. The SMILES string of the molecule is CC1(C)CCCN(c2ccc(C(=O)O)cc2[N+](=O)[O-])C1. The predicted octanol–water partition coefficient (Wildman–Crippen LogP) is 2.92. The lowest BCUT2D eigenvalue weighted by atomic mass is 9.84. The topological polar surface area (TPSA) is 83.7 Å². The molecule has 0 saturated carbocycles. The van der Waals surface area contributed by atoms with Crippen molar-refractivity contribution in [3.63, 3.8) is 0 Å². The Morgan fingerprint density at radius 3 is 2.70 bits per heavy atom. The van der Waals surface area contributed by atoms with Crippen molar-refractivity contribution >= 4 is 17.3 Å². The molecule has 0 aliphatic carbocycles. The van der Waals surface area contributed by atoms with Gasteiger partial charge in [-0.1, -0.05) is 13.8 Å². The predicted molar refractivity (Wildman–Crippen MR) is 75.3 cm³/mol. The molecule has 1 aromatic carbocycles. The molecule has 1 N–H and O–H groups in total. The van der Waals surface area contributed by atoms with Crippen molar-refractivity contribution in [2.75, 3.05) is 18.0 Å².